The number of rotatable bonds is 2. The summed E-state index contributed by atoms with van der Waals surface area (Å²) in [6.07, 6.45) is 0.644. The lowest BCUT2D eigenvalue weighted by atomic mass is 10.0. The third-order valence-corrected chi connectivity index (χ3v) is 4.03. The van der Waals surface area contributed by atoms with Gasteiger partial charge in [0.2, 0.25) is 5.43 Å². The van der Waals surface area contributed by atoms with Gasteiger partial charge in [0, 0.05) is 11.1 Å². The van der Waals surface area contributed by atoms with Gasteiger partial charge in [-0.25, -0.2) is 0 Å². The Kier molecular flexibility index (Phi) is 3.67. The van der Waals surface area contributed by atoms with Crippen LogP contribution in [0.15, 0.2) is 45.6 Å². The fourth-order valence-corrected chi connectivity index (χ4v) is 2.75. The zero-order valence-corrected chi connectivity index (χ0v) is 13.1. The van der Waals surface area contributed by atoms with Gasteiger partial charge in [-0.2, -0.15) is 0 Å². The molecule has 0 radical (unpaired) electrons. The monoisotopic (exact) mass is 314 g/mol. The van der Waals surface area contributed by atoms with E-state index in [2.05, 4.69) is 0 Å². The van der Waals surface area contributed by atoms with E-state index in [9.17, 15) is 9.90 Å². The Bertz CT molecular complexity index is 908. The molecule has 0 amide bonds. The average Bonchev–Trinajstić information content (AvgIpc) is 2.48. The van der Waals surface area contributed by atoms with Crippen molar-refractivity contribution in [2.24, 2.45) is 0 Å². The van der Waals surface area contributed by atoms with Gasteiger partial charge in [0.05, 0.1) is 10.9 Å². The lowest BCUT2D eigenvalue weighted by molar-refractivity contribution is 0.467. The summed E-state index contributed by atoms with van der Waals surface area (Å²) in [6.45, 7) is 3.67. The van der Waals surface area contributed by atoms with Crippen molar-refractivity contribution in [2.45, 2.75) is 20.3 Å². The van der Waals surface area contributed by atoms with Crippen molar-refractivity contribution < 1.29 is 9.52 Å². The van der Waals surface area contributed by atoms with Crippen molar-refractivity contribution in [1.29, 1.82) is 0 Å². The van der Waals surface area contributed by atoms with Crippen LogP contribution in [0.2, 0.25) is 5.02 Å². The zero-order valence-electron chi connectivity index (χ0n) is 12.3. The molecule has 0 aliphatic heterocycles. The number of hydrogen-bond donors (Lipinski definition) is 1. The minimum absolute atomic E-state index is 0.101. The Hall–Kier alpha value is -2.26. The molecule has 3 nitrogen and oxygen atoms in total. The second-order valence-electron chi connectivity index (χ2n) is 5.20. The van der Waals surface area contributed by atoms with Gasteiger partial charge in [0.25, 0.3) is 0 Å². The summed E-state index contributed by atoms with van der Waals surface area (Å²) in [7, 11) is 0. The SMILES string of the molecule is CCc1cc2c(=O)c(-c3ccc(Cl)cc3)c(C)oc2cc1O. The molecule has 0 saturated carbocycles. The van der Waals surface area contributed by atoms with Gasteiger partial charge in [-0.05, 0) is 42.7 Å². The van der Waals surface area contributed by atoms with Gasteiger partial charge >= 0.3 is 0 Å². The molecule has 0 atom stereocenters. The van der Waals surface area contributed by atoms with Crippen LogP contribution in [0, 0.1) is 6.92 Å². The Morgan fingerprint density at radius 2 is 1.86 bits per heavy atom. The second kappa shape index (κ2) is 5.50. The number of phenols is 1. The molecule has 0 aliphatic rings. The van der Waals surface area contributed by atoms with E-state index in [1.807, 2.05) is 6.92 Å². The smallest absolute Gasteiger partial charge is 0.200 e. The van der Waals surface area contributed by atoms with E-state index < -0.39 is 0 Å². The molecule has 0 unspecified atom stereocenters. The van der Waals surface area contributed by atoms with Gasteiger partial charge < -0.3 is 9.52 Å². The van der Waals surface area contributed by atoms with Crippen LogP contribution in [-0.4, -0.2) is 5.11 Å². The molecule has 0 aliphatic carbocycles. The first-order valence-electron chi connectivity index (χ1n) is 7.06. The standard InChI is InChI=1S/C18H15ClO3/c1-3-11-8-14-16(9-15(11)20)22-10(2)17(18(14)21)12-4-6-13(19)7-5-12/h4-9,20H,3H2,1-2H3. The maximum absolute atomic E-state index is 12.8. The first-order chi connectivity index (χ1) is 10.5. The summed E-state index contributed by atoms with van der Waals surface area (Å²) in [5, 5.41) is 11.0. The largest absolute Gasteiger partial charge is 0.508 e. The Balaban J connectivity index is 2.34. The number of halogens is 1. The average molecular weight is 315 g/mol. The highest BCUT2D eigenvalue weighted by Crippen LogP contribution is 2.29. The summed E-state index contributed by atoms with van der Waals surface area (Å²) in [4.78, 5) is 12.8. The first kappa shape index (κ1) is 14.7. The van der Waals surface area contributed by atoms with E-state index in [0.29, 0.717) is 33.7 Å². The number of benzene rings is 2. The van der Waals surface area contributed by atoms with Crippen molar-refractivity contribution in [1.82, 2.24) is 0 Å². The summed E-state index contributed by atoms with van der Waals surface area (Å²) in [6, 6.07) is 10.3. The van der Waals surface area contributed by atoms with Crippen molar-refractivity contribution in [2.75, 3.05) is 0 Å². The summed E-state index contributed by atoms with van der Waals surface area (Å²) in [5.41, 5.74) is 2.32. The number of aryl methyl sites for hydroxylation is 2. The quantitative estimate of drug-likeness (QED) is 0.746. The van der Waals surface area contributed by atoms with E-state index >= 15 is 0 Å². The van der Waals surface area contributed by atoms with Crippen LogP contribution in [0.4, 0.5) is 0 Å². The highest BCUT2D eigenvalue weighted by Gasteiger charge is 2.15. The van der Waals surface area contributed by atoms with Crippen LogP contribution in [0.5, 0.6) is 5.75 Å². The molecule has 1 aromatic heterocycles. The highest BCUT2D eigenvalue weighted by atomic mass is 35.5. The number of hydrogen-bond acceptors (Lipinski definition) is 3. The molecule has 3 aromatic rings. The molecule has 112 valence electrons. The molecule has 2 aromatic carbocycles. The predicted molar refractivity (Wildman–Crippen MR) is 88.7 cm³/mol. The lowest BCUT2D eigenvalue weighted by Crippen LogP contribution is -2.08. The normalized spacial score (nSPS) is 11.0. The Morgan fingerprint density at radius 1 is 1.18 bits per heavy atom. The molecule has 3 rings (SSSR count). The first-order valence-corrected chi connectivity index (χ1v) is 7.44. The molecule has 4 heteroatoms. The molecule has 0 bridgehead atoms. The van der Waals surface area contributed by atoms with Crippen molar-refractivity contribution in [3.8, 4) is 16.9 Å². The van der Waals surface area contributed by atoms with Gasteiger partial charge in [0.15, 0.2) is 0 Å². The second-order valence-corrected chi connectivity index (χ2v) is 5.64. The van der Waals surface area contributed by atoms with Crippen LogP contribution < -0.4 is 5.43 Å². The highest BCUT2D eigenvalue weighted by molar-refractivity contribution is 6.30. The van der Waals surface area contributed by atoms with Gasteiger partial charge in [-0.15, -0.1) is 0 Å². The molecule has 1 heterocycles. The molecule has 0 spiro atoms. The van der Waals surface area contributed by atoms with Crippen LogP contribution in [0.3, 0.4) is 0 Å². The van der Waals surface area contributed by atoms with Crippen molar-refractivity contribution in [3.63, 3.8) is 0 Å². The topological polar surface area (TPSA) is 50.4 Å². The van der Waals surface area contributed by atoms with Crippen LogP contribution in [0.25, 0.3) is 22.1 Å². The van der Waals surface area contributed by atoms with Crippen LogP contribution in [0.1, 0.15) is 18.2 Å². The molecule has 1 N–H and O–H groups in total. The van der Waals surface area contributed by atoms with E-state index in [-0.39, 0.29) is 11.2 Å². The maximum atomic E-state index is 12.8. The molecule has 22 heavy (non-hydrogen) atoms. The molecular weight excluding hydrogens is 300 g/mol. The molecular formula is C18H15ClO3. The van der Waals surface area contributed by atoms with Crippen LogP contribution in [-0.2, 0) is 6.42 Å². The summed E-state index contributed by atoms with van der Waals surface area (Å²) < 4.78 is 5.75. The van der Waals surface area contributed by atoms with Gasteiger partial charge in [0.1, 0.15) is 17.1 Å². The Morgan fingerprint density at radius 3 is 2.50 bits per heavy atom. The number of phenolic OH excluding ortho intramolecular Hbond substituents is 1. The minimum Gasteiger partial charge on any atom is -0.508 e. The van der Waals surface area contributed by atoms with Gasteiger partial charge in [-0.1, -0.05) is 30.7 Å². The minimum atomic E-state index is -0.101. The lowest BCUT2D eigenvalue weighted by Gasteiger charge is -2.09. The third kappa shape index (κ3) is 2.38. The molecule has 0 saturated heterocycles. The van der Waals surface area contributed by atoms with Gasteiger partial charge in [-0.3, -0.25) is 4.79 Å². The van der Waals surface area contributed by atoms with E-state index in [1.165, 1.54) is 6.07 Å². The maximum Gasteiger partial charge on any atom is 0.200 e. The van der Waals surface area contributed by atoms with E-state index in [1.54, 1.807) is 37.3 Å². The van der Waals surface area contributed by atoms with E-state index in [0.717, 1.165) is 11.1 Å². The Labute approximate surface area is 132 Å². The summed E-state index contributed by atoms with van der Waals surface area (Å²) in [5.74, 6) is 0.667. The molecule has 0 fully saturated rings. The van der Waals surface area contributed by atoms with Crippen molar-refractivity contribution >= 4 is 22.6 Å². The fourth-order valence-electron chi connectivity index (χ4n) is 2.62. The third-order valence-electron chi connectivity index (χ3n) is 3.78. The fraction of sp³-hybridized carbons (Fsp3) is 0.167. The summed E-state index contributed by atoms with van der Waals surface area (Å²) >= 11 is 5.90. The van der Waals surface area contributed by atoms with E-state index in [4.69, 9.17) is 16.0 Å². The van der Waals surface area contributed by atoms with Crippen LogP contribution >= 0.6 is 11.6 Å². The number of aromatic hydroxyl groups is 1. The number of fused-ring (bicyclic) bond motifs is 1. The predicted octanol–water partition coefficient (Wildman–Crippen LogP) is 4.69. The zero-order chi connectivity index (χ0) is 15.9. The van der Waals surface area contributed by atoms with Crippen molar-refractivity contribution in [3.05, 3.63) is 63.0 Å².